The molecule has 1 heterocycles. The zero-order valence-corrected chi connectivity index (χ0v) is 20.0. The third kappa shape index (κ3) is 5.09. The number of carbonyl (C=O) groups excluding carboxylic acids is 1. The number of nitrogens with zero attached hydrogens (tertiary/aromatic N) is 1. The van der Waals surface area contributed by atoms with Crippen molar-refractivity contribution in [1.29, 1.82) is 0 Å². The lowest BCUT2D eigenvalue weighted by atomic mass is 10.1. The Morgan fingerprint density at radius 3 is 2.50 bits per heavy atom. The van der Waals surface area contributed by atoms with Crippen LogP contribution in [0.15, 0.2) is 108 Å². The predicted molar refractivity (Wildman–Crippen MR) is 140 cm³/mol. The molecule has 36 heavy (non-hydrogen) atoms. The van der Waals surface area contributed by atoms with E-state index in [1.165, 1.54) is 0 Å². The van der Waals surface area contributed by atoms with Crippen molar-refractivity contribution in [3.05, 3.63) is 114 Å². The third-order valence-corrected chi connectivity index (χ3v) is 5.66. The maximum absolute atomic E-state index is 13.4. The normalized spacial score (nSPS) is 10.6. The lowest BCUT2D eigenvalue weighted by Crippen LogP contribution is -2.14. The Kier molecular flexibility index (Phi) is 6.69. The van der Waals surface area contributed by atoms with Crippen LogP contribution < -0.4 is 14.8 Å². The maximum Gasteiger partial charge on any atom is 0.256 e. The Bertz CT molecular complexity index is 1520. The van der Waals surface area contributed by atoms with Gasteiger partial charge in [0.05, 0.1) is 24.6 Å². The quantitative estimate of drug-likeness (QED) is 0.250. The van der Waals surface area contributed by atoms with Crippen LogP contribution >= 0.6 is 11.6 Å². The zero-order valence-electron chi connectivity index (χ0n) is 19.3. The molecule has 0 aliphatic carbocycles. The lowest BCUT2D eigenvalue weighted by molar-refractivity contribution is 0.102. The van der Waals surface area contributed by atoms with Crippen molar-refractivity contribution in [3.63, 3.8) is 0 Å². The van der Waals surface area contributed by atoms with Crippen LogP contribution in [-0.4, -0.2) is 18.0 Å². The average molecular weight is 497 g/mol. The molecule has 0 aliphatic heterocycles. The minimum Gasteiger partial charge on any atom is -0.497 e. The summed E-state index contributed by atoms with van der Waals surface area (Å²) >= 11 is 6.22. The Labute approximate surface area is 213 Å². The van der Waals surface area contributed by atoms with Gasteiger partial charge in [0.2, 0.25) is 5.89 Å². The van der Waals surface area contributed by atoms with Gasteiger partial charge in [-0.1, -0.05) is 54.1 Å². The second-order valence-corrected chi connectivity index (χ2v) is 8.25. The molecule has 0 saturated carbocycles. The molecule has 0 saturated heterocycles. The first-order valence-electron chi connectivity index (χ1n) is 11.1. The summed E-state index contributed by atoms with van der Waals surface area (Å²) in [7, 11) is 1.61. The van der Waals surface area contributed by atoms with Crippen LogP contribution in [0.2, 0.25) is 5.02 Å². The van der Waals surface area contributed by atoms with Crippen molar-refractivity contribution in [2.75, 3.05) is 12.4 Å². The van der Waals surface area contributed by atoms with Crippen molar-refractivity contribution in [2.45, 2.75) is 0 Å². The summed E-state index contributed by atoms with van der Waals surface area (Å²) < 4.78 is 17.3. The second kappa shape index (κ2) is 10.4. The van der Waals surface area contributed by atoms with Crippen LogP contribution in [0.4, 0.5) is 5.69 Å². The molecule has 5 aromatic rings. The van der Waals surface area contributed by atoms with Gasteiger partial charge in [0.25, 0.3) is 5.91 Å². The number of hydrogen-bond acceptors (Lipinski definition) is 5. The lowest BCUT2D eigenvalue weighted by Gasteiger charge is -2.14. The number of carbonyl (C=O) groups is 1. The number of nitrogens with one attached hydrogen (secondary N) is 1. The predicted octanol–water partition coefficient (Wildman–Crippen LogP) is 7.72. The molecule has 0 unspecified atom stereocenters. The van der Waals surface area contributed by atoms with E-state index in [-0.39, 0.29) is 5.91 Å². The molecular formula is C29H21ClN2O4. The fourth-order valence-corrected chi connectivity index (χ4v) is 3.84. The molecule has 7 heteroatoms. The average Bonchev–Trinajstić information content (AvgIpc) is 3.41. The smallest absolute Gasteiger partial charge is 0.256 e. The number of para-hydroxylation sites is 1. The van der Waals surface area contributed by atoms with Crippen LogP contribution in [0.1, 0.15) is 10.4 Å². The summed E-state index contributed by atoms with van der Waals surface area (Å²) in [4.78, 5) is 17.8. The molecule has 1 N–H and O–H groups in total. The first kappa shape index (κ1) is 23.2. The van der Waals surface area contributed by atoms with E-state index in [4.69, 9.17) is 25.5 Å². The molecule has 6 nitrogen and oxygen atoms in total. The Hall–Kier alpha value is -4.55. The Morgan fingerprint density at radius 1 is 0.889 bits per heavy atom. The van der Waals surface area contributed by atoms with Gasteiger partial charge in [0.1, 0.15) is 11.5 Å². The molecule has 0 radical (unpaired) electrons. The molecule has 1 amide bonds. The van der Waals surface area contributed by atoms with Gasteiger partial charge in [-0.25, -0.2) is 4.98 Å². The first-order chi connectivity index (χ1) is 17.6. The van der Waals surface area contributed by atoms with Crippen molar-refractivity contribution >= 4 is 23.2 Å². The minimum atomic E-state index is -0.355. The van der Waals surface area contributed by atoms with Gasteiger partial charge in [-0.15, -0.1) is 0 Å². The summed E-state index contributed by atoms with van der Waals surface area (Å²) in [6.07, 6.45) is 1.63. The largest absolute Gasteiger partial charge is 0.497 e. The highest BCUT2D eigenvalue weighted by atomic mass is 35.5. The minimum absolute atomic E-state index is 0.324. The van der Waals surface area contributed by atoms with Crippen LogP contribution in [0, 0.1) is 0 Å². The second-order valence-electron chi connectivity index (χ2n) is 7.82. The van der Waals surface area contributed by atoms with E-state index in [0.29, 0.717) is 50.7 Å². The summed E-state index contributed by atoms with van der Waals surface area (Å²) in [5.41, 5.74) is 2.20. The number of anilines is 1. The maximum atomic E-state index is 13.4. The molecule has 0 bridgehead atoms. The molecule has 0 spiro atoms. The van der Waals surface area contributed by atoms with E-state index in [2.05, 4.69) is 10.3 Å². The van der Waals surface area contributed by atoms with Crippen molar-refractivity contribution < 1.29 is 18.7 Å². The number of hydrogen-bond donors (Lipinski definition) is 1. The highest BCUT2D eigenvalue weighted by Crippen LogP contribution is 2.34. The number of rotatable bonds is 7. The van der Waals surface area contributed by atoms with Gasteiger partial charge in [-0.3, -0.25) is 4.79 Å². The Morgan fingerprint density at radius 2 is 1.67 bits per heavy atom. The van der Waals surface area contributed by atoms with Crippen LogP contribution in [0.3, 0.4) is 0 Å². The van der Waals surface area contributed by atoms with Gasteiger partial charge in [0, 0.05) is 16.1 Å². The first-order valence-corrected chi connectivity index (χ1v) is 11.5. The van der Waals surface area contributed by atoms with Crippen molar-refractivity contribution in [1.82, 2.24) is 4.98 Å². The number of methoxy groups -OCH3 is 1. The van der Waals surface area contributed by atoms with E-state index in [1.807, 2.05) is 60.7 Å². The van der Waals surface area contributed by atoms with Gasteiger partial charge < -0.3 is 19.2 Å². The molecule has 0 aliphatic rings. The highest BCUT2D eigenvalue weighted by Gasteiger charge is 2.19. The molecule has 4 aromatic carbocycles. The summed E-state index contributed by atoms with van der Waals surface area (Å²) in [5.74, 6) is 2.35. The van der Waals surface area contributed by atoms with Gasteiger partial charge in [0.15, 0.2) is 11.5 Å². The molecule has 0 fully saturated rings. The Balaban J connectivity index is 1.44. The van der Waals surface area contributed by atoms with Crippen LogP contribution in [0.5, 0.6) is 17.2 Å². The summed E-state index contributed by atoms with van der Waals surface area (Å²) in [6.45, 7) is 0. The standard InChI is InChI=1S/C29H21ClN2O4/c1-34-22-11-7-8-19(16-22)27-18-31-29(36-27)24-13-6-5-12-23(24)28(33)32-25-17-20(30)14-15-26(25)35-21-9-3-2-4-10-21/h2-18H,1H3,(H,32,33). The highest BCUT2D eigenvalue weighted by molar-refractivity contribution is 6.31. The van der Waals surface area contributed by atoms with Crippen molar-refractivity contribution in [3.8, 4) is 40.0 Å². The molecule has 5 rings (SSSR count). The fourth-order valence-electron chi connectivity index (χ4n) is 3.67. The number of benzene rings is 4. The topological polar surface area (TPSA) is 73.6 Å². The van der Waals surface area contributed by atoms with Crippen LogP contribution in [0.25, 0.3) is 22.8 Å². The number of halogens is 1. The SMILES string of the molecule is COc1cccc(-c2cnc(-c3ccccc3C(=O)Nc3cc(Cl)ccc3Oc3ccccc3)o2)c1. The molecule has 1 aromatic heterocycles. The van der Waals surface area contributed by atoms with E-state index >= 15 is 0 Å². The van der Waals surface area contributed by atoms with Crippen molar-refractivity contribution in [2.24, 2.45) is 0 Å². The third-order valence-electron chi connectivity index (χ3n) is 5.42. The van der Waals surface area contributed by atoms with E-state index in [9.17, 15) is 4.79 Å². The number of ether oxygens (including phenoxy) is 2. The monoisotopic (exact) mass is 496 g/mol. The molecule has 178 valence electrons. The number of aromatic nitrogens is 1. The molecular weight excluding hydrogens is 476 g/mol. The fraction of sp³-hybridized carbons (Fsp3) is 0.0345. The summed E-state index contributed by atoms with van der Waals surface area (Å²) in [6, 6.07) is 29.0. The van der Waals surface area contributed by atoms with Gasteiger partial charge in [-0.2, -0.15) is 0 Å². The summed E-state index contributed by atoms with van der Waals surface area (Å²) in [5, 5.41) is 3.38. The zero-order chi connectivity index (χ0) is 24.9. The van der Waals surface area contributed by atoms with Gasteiger partial charge >= 0.3 is 0 Å². The van der Waals surface area contributed by atoms with Crippen LogP contribution in [-0.2, 0) is 0 Å². The number of oxazole rings is 1. The van der Waals surface area contributed by atoms with E-state index in [0.717, 1.165) is 5.56 Å². The van der Waals surface area contributed by atoms with E-state index in [1.54, 1.807) is 49.7 Å². The van der Waals surface area contributed by atoms with E-state index < -0.39 is 0 Å². The molecule has 0 atom stereocenters. The number of amides is 1. The van der Waals surface area contributed by atoms with Gasteiger partial charge in [-0.05, 0) is 54.6 Å².